The Kier molecular flexibility index (Phi) is 6.20. The van der Waals surface area contributed by atoms with Crippen molar-refractivity contribution in [1.29, 1.82) is 0 Å². The fraction of sp³-hybridized carbons (Fsp3) is 0.261. The average Bonchev–Trinajstić information content (AvgIpc) is 2.68. The largest absolute Gasteiger partial charge is 0.490 e. The Hall–Kier alpha value is -3.61. The summed E-state index contributed by atoms with van der Waals surface area (Å²) in [5.41, 5.74) is 1.81. The van der Waals surface area contributed by atoms with Gasteiger partial charge < -0.3 is 9.47 Å². The molecule has 2 aromatic carbocycles. The lowest BCUT2D eigenvalue weighted by molar-refractivity contribution is -0.122. The first kappa shape index (κ1) is 21.1. The molecule has 0 unspecified atom stereocenters. The van der Waals surface area contributed by atoms with Gasteiger partial charge in [0.15, 0.2) is 11.5 Å². The van der Waals surface area contributed by atoms with Gasteiger partial charge in [-0.1, -0.05) is 23.8 Å². The molecule has 3 rings (SSSR count). The minimum absolute atomic E-state index is 0.0341. The summed E-state index contributed by atoms with van der Waals surface area (Å²) in [6.45, 7) is 8.01. The van der Waals surface area contributed by atoms with Crippen LogP contribution in [0.2, 0.25) is 0 Å². The third-order valence-electron chi connectivity index (χ3n) is 4.34. The number of ether oxygens (including phenoxy) is 2. The molecule has 1 N–H and O–H groups in total. The Morgan fingerprint density at radius 3 is 2.37 bits per heavy atom. The minimum atomic E-state index is -0.776. The van der Waals surface area contributed by atoms with E-state index in [2.05, 4.69) is 5.32 Å². The van der Waals surface area contributed by atoms with E-state index >= 15 is 0 Å². The first-order valence-corrected chi connectivity index (χ1v) is 9.71. The number of benzene rings is 2. The molecule has 0 bridgehead atoms. The SMILES string of the molecule is CCOc1cc(/C=C2\C(=O)NC(=O)N(c3ccc(C)cc3)C2=O)ccc1OC(C)C. The maximum atomic E-state index is 13.0. The fourth-order valence-electron chi connectivity index (χ4n) is 2.99. The smallest absolute Gasteiger partial charge is 0.335 e. The average molecular weight is 408 g/mol. The summed E-state index contributed by atoms with van der Waals surface area (Å²) >= 11 is 0. The molecule has 1 saturated heterocycles. The van der Waals surface area contributed by atoms with Crippen LogP contribution in [0.15, 0.2) is 48.0 Å². The zero-order valence-corrected chi connectivity index (χ0v) is 17.4. The number of amides is 4. The molecule has 0 saturated carbocycles. The third kappa shape index (κ3) is 4.51. The normalized spacial score (nSPS) is 15.6. The van der Waals surface area contributed by atoms with E-state index in [4.69, 9.17) is 9.47 Å². The number of nitrogens with one attached hydrogen (secondary N) is 1. The van der Waals surface area contributed by atoms with Crippen molar-refractivity contribution in [3.63, 3.8) is 0 Å². The number of anilines is 1. The highest BCUT2D eigenvalue weighted by Crippen LogP contribution is 2.31. The summed E-state index contributed by atoms with van der Waals surface area (Å²) in [7, 11) is 0. The van der Waals surface area contributed by atoms with E-state index < -0.39 is 17.8 Å². The highest BCUT2D eigenvalue weighted by atomic mass is 16.5. The Bertz CT molecular complexity index is 1010. The summed E-state index contributed by atoms with van der Waals surface area (Å²) in [5.74, 6) is -0.345. The van der Waals surface area contributed by atoms with Gasteiger partial charge in [0, 0.05) is 0 Å². The molecule has 2 aromatic rings. The van der Waals surface area contributed by atoms with E-state index in [1.165, 1.54) is 6.08 Å². The summed E-state index contributed by atoms with van der Waals surface area (Å²) in [6.07, 6.45) is 1.40. The number of rotatable bonds is 6. The number of hydrogen-bond acceptors (Lipinski definition) is 5. The first-order valence-electron chi connectivity index (χ1n) is 9.71. The molecule has 0 spiro atoms. The standard InChI is InChI=1S/C23H24N2O5/c1-5-29-20-13-16(8-11-19(20)30-14(2)3)12-18-21(26)24-23(28)25(22(18)27)17-9-6-15(4)7-10-17/h6-14H,5H2,1-4H3,(H,24,26,28)/b18-12+. The van der Waals surface area contributed by atoms with Gasteiger partial charge in [-0.05, 0) is 63.6 Å². The monoisotopic (exact) mass is 408 g/mol. The van der Waals surface area contributed by atoms with Gasteiger partial charge in [0.05, 0.1) is 18.4 Å². The topological polar surface area (TPSA) is 84.9 Å². The van der Waals surface area contributed by atoms with E-state index in [1.807, 2.05) is 27.7 Å². The third-order valence-corrected chi connectivity index (χ3v) is 4.34. The van der Waals surface area contributed by atoms with Crippen LogP contribution in [0, 0.1) is 6.92 Å². The van der Waals surface area contributed by atoms with Crippen molar-refractivity contribution in [2.45, 2.75) is 33.8 Å². The number of nitrogens with zero attached hydrogens (tertiary/aromatic N) is 1. The predicted molar refractivity (Wildman–Crippen MR) is 114 cm³/mol. The molecule has 0 aromatic heterocycles. The van der Waals surface area contributed by atoms with Crippen LogP contribution >= 0.6 is 0 Å². The van der Waals surface area contributed by atoms with Gasteiger partial charge in [-0.3, -0.25) is 14.9 Å². The molecule has 0 radical (unpaired) electrons. The van der Waals surface area contributed by atoms with Gasteiger partial charge >= 0.3 is 6.03 Å². The highest BCUT2D eigenvalue weighted by molar-refractivity contribution is 6.39. The summed E-state index contributed by atoms with van der Waals surface area (Å²) < 4.78 is 11.4. The first-order chi connectivity index (χ1) is 14.3. The molecule has 7 heteroatoms. The zero-order valence-electron chi connectivity index (χ0n) is 17.4. The van der Waals surface area contributed by atoms with Gasteiger partial charge in [-0.25, -0.2) is 9.69 Å². The number of urea groups is 1. The Labute approximate surface area is 175 Å². The van der Waals surface area contributed by atoms with Gasteiger partial charge in [-0.15, -0.1) is 0 Å². The van der Waals surface area contributed by atoms with E-state index in [1.54, 1.807) is 42.5 Å². The van der Waals surface area contributed by atoms with Crippen LogP contribution < -0.4 is 19.7 Å². The lowest BCUT2D eigenvalue weighted by Gasteiger charge is -2.26. The second-order valence-corrected chi connectivity index (χ2v) is 7.10. The number of carbonyl (C=O) groups excluding carboxylic acids is 3. The second-order valence-electron chi connectivity index (χ2n) is 7.10. The van der Waals surface area contributed by atoms with Crippen LogP contribution in [-0.2, 0) is 9.59 Å². The number of imide groups is 2. The molecule has 1 fully saturated rings. The maximum Gasteiger partial charge on any atom is 0.335 e. The van der Waals surface area contributed by atoms with Gasteiger partial charge in [-0.2, -0.15) is 0 Å². The van der Waals surface area contributed by atoms with E-state index in [0.717, 1.165) is 10.5 Å². The molecule has 1 heterocycles. The van der Waals surface area contributed by atoms with Gasteiger partial charge in [0.1, 0.15) is 5.57 Å². The molecular weight excluding hydrogens is 384 g/mol. The van der Waals surface area contributed by atoms with Crippen molar-refractivity contribution in [2.24, 2.45) is 0 Å². The molecule has 30 heavy (non-hydrogen) atoms. The van der Waals surface area contributed by atoms with Crippen LogP contribution in [0.25, 0.3) is 6.08 Å². The minimum Gasteiger partial charge on any atom is -0.490 e. The van der Waals surface area contributed by atoms with Crippen molar-refractivity contribution >= 4 is 29.6 Å². The van der Waals surface area contributed by atoms with Crippen molar-refractivity contribution in [3.05, 3.63) is 59.2 Å². The second kappa shape index (κ2) is 8.82. The number of aryl methyl sites for hydroxylation is 1. The zero-order chi connectivity index (χ0) is 21.8. The highest BCUT2D eigenvalue weighted by Gasteiger charge is 2.36. The molecule has 0 atom stereocenters. The summed E-state index contributed by atoms with van der Waals surface area (Å²) in [5, 5.41) is 2.22. The summed E-state index contributed by atoms with van der Waals surface area (Å²) in [4.78, 5) is 38.6. The van der Waals surface area contributed by atoms with Crippen LogP contribution in [0.5, 0.6) is 11.5 Å². The van der Waals surface area contributed by atoms with Crippen molar-refractivity contribution < 1.29 is 23.9 Å². The lowest BCUT2D eigenvalue weighted by Crippen LogP contribution is -2.54. The van der Waals surface area contributed by atoms with Crippen LogP contribution in [0.4, 0.5) is 10.5 Å². The maximum absolute atomic E-state index is 13.0. The number of barbiturate groups is 1. The van der Waals surface area contributed by atoms with E-state index in [9.17, 15) is 14.4 Å². The molecular formula is C23H24N2O5. The van der Waals surface area contributed by atoms with Crippen molar-refractivity contribution in [3.8, 4) is 11.5 Å². The summed E-state index contributed by atoms with van der Waals surface area (Å²) in [6, 6.07) is 11.3. The van der Waals surface area contributed by atoms with Crippen LogP contribution in [0.3, 0.4) is 0 Å². The Morgan fingerprint density at radius 1 is 1.03 bits per heavy atom. The molecule has 1 aliphatic heterocycles. The Morgan fingerprint density at radius 2 is 1.73 bits per heavy atom. The molecule has 0 aliphatic carbocycles. The van der Waals surface area contributed by atoms with Crippen molar-refractivity contribution in [2.75, 3.05) is 11.5 Å². The molecule has 1 aliphatic rings. The molecule has 4 amide bonds. The predicted octanol–water partition coefficient (Wildman–Crippen LogP) is 3.85. The van der Waals surface area contributed by atoms with Crippen molar-refractivity contribution in [1.82, 2.24) is 5.32 Å². The van der Waals surface area contributed by atoms with E-state index in [0.29, 0.717) is 29.4 Å². The number of hydrogen-bond donors (Lipinski definition) is 1. The fourth-order valence-corrected chi connectivity index (χ4v) is 2.99. The van der Waals surface area contributed by atoms with Gasteiger partial charge in [0.2, 0.25) is 0 Å². The Balaban J connectivity index is 1.97. The molecule has 156 valence electrons. The van der Waals surface area contributed by atoms with E-state index in [-0.39, 0.29) is 11.7 Å². The number of carbonyl (C=O) groups is 3. The molecule has 7 nitrogen and oxygen atoms in total. The lowest BCUT2D eigenvalue weighted by atomic mass is 10.1. The van der Waals surface area contributed by atoms with Crippen LogP contribution in [-0.4, -0.2) is 30.6 Å². The van der Waals surface area contributed by atoms with Crippen LogP contribution in [0.1, 0.15) is 31.9 Å². The quantitative estimate of drug-likeness (QED) is 0.580. The van der Waals surface area contributed by atoms with Gasteiger partial charge in [0.25, 0.3) is 11.8 Å².